The zero-order chi connectivity index (χ0) is 12.3. The summed E-state index contributed by atoms with van der Waals surface area (Å²) in [5, 5.41) is 0. The van der Waals surface area contributed by atoms with Gasteiger partial charge in [-0.1, -0.05) is 37.6 Å². The van der Waals surface area contributed by atoms with Crippen molar-refractivity contribution in [1.29, 1.82) is 0 Å². The fraction of sp³-hybridized carbons (Fsp3) is 0.286. The third-order valence-corrected chi connectivity index (χ3v) is 2.77. The molecule has 0 atom stereocenters. The molecule has 0 aliphatic heterocycles. The SMILES string of the molecule is CCCc1nc(-c2ccccc2C)ncc1N. The third kappa shape index (κ3) is 2.44. The highest BCUT2D eigenvalue weighted by molar-refractivity contribution is 5.61. The molecule has 0 radical (unpaired) electrons. The standard InChI is InChI=1S/C14H17N3/c1-3-6-13-12(15)9-16-14(17-13)11-8-5-4-7-10(11)2/h4-5,7-9H,3,6,15H2,1-2H3. The van der Waals surface area contributed by atoms with Crippen LogP contribution < -0.4 is 5.73 Å². The van der Waals surface area contributed by atoms with Gasteiger partial charge in [0.1, 0.15) is 0 Å². The molecule has 0 aliphatic carbocycles. The molecule has 0 aliphatic rings. The maximum Gasteiger partial charge on any atom is 0.159 e. The first kappa shape index (κ1) is 11.6. The average molecular weight is 227 g/mol. The Hall–Kier alpha value is -1.90. The highest BCUT2D eigenvalue weighted by Crippen LogP contribution is 2.21. The van der Waals surface area contributed by atoms with E-state index in [1.54, 1.807) is 6.20 Å². The second kappa shape index (κ2) is 4.95. The number of rotatable bonds is 3. The zero-order valence-electron chi connectivity index (χ0n) is 10.3. The maximum atomic E-state index is 5.87. The van der Waals surface area contributed by atoms with Crippen molar-refractivity contribution in [3.8, 4) is 11.4 Å². The molecule has 2 aromatic rings. The van der Waals surface area contributed by atoms with Gasteiger partial charge in [0.15, 0.2) is 5.82 Å². The molecule has 0 fully saturated rings. The van der Waals surface area contributed by atoms with E-state index in [0.29, 0.717) is 5.69 Å². The number of benzene rings is 1. The smallest absolute Gasteiger partial charge is 0.159 e. The van der Waals surface area contributed by atoms with E-state index in [9.17, 15) is 0 Å². The summed E-state index contributed by atoms with van der Waals surface area (Å²) < 4.78 is 0. The van der Waals surface area contributed by atoms with Crippen LogP contribution in [0.5, 0.6) is 0 Å². The van der Waals surface area contributed by atoms with Gasteiger partial charge in [0, 0.05) is 5.56 Å². The van der Waals surface area contributed by atoms with Crippen LogP contribution in [0.15, 0.2) is 30.5 Å². The molecule has 0 saturated heterocycles. The largest absolute Gasteiger partial charge is 0.396 e. The molecule has 0 saturated carbocycles. The first-order valence-corrected chi connectivity index (χ1v) is 5.89. The van der Waals surface area contributed by atoms with Crippen molar-refractivity contribution in [2.24, 2.45) is 0 Å². The van der Waals surface area contributed by atoms with Gasteiger partial charge in [0.2, 0.25) is 0 Å². The average Bonchev–Trinajstić information content (AvgIpc) is 2.33. The summed E-state index contributed by atoms with van der Waals surface area (Å²) in [7, 11) is 0. The van der Waals surface area contributed by atoms with E-state index in [-0.39, 0.29) is 0 Å². The fourth-order valence-corrected chi connectivity index (χ4v) is 1.82. The summed E-state index contributed by atoms with van der Waals surface area (Å²) >= 11 is 0. The van der Waals surface area contributed by atoms with Crippen LogP contribution in [0.2, 0.25) is 0 Å². The van der Waals surface area contributed by atoms with E-state index in [1.165, 1.54) is 5.56 Å². The lowest BCUT2D eigenvalue weighted by Crippen LogP contribution is -2.02. The Labute approximate surface area is 102 Å². The van der Waals surface area contributed by atoms with Crippen molar-refractivity contribution in [2.45, 2.75) is 26.7 Å². The molecular weight excluding hydrogens is 210 g/mol. The molecule has 3 heteroatoms. The van der Waals surface area contributed by atoms with Gasteiger partial charge in [0.25, 0.3) is 0 Å². The minimum absolute atomic E-state index is 0.684. The minimum atomic E-state index is 0.684. The summed E-state index contributed by atoms with van der Waals surface area (Å²) in [6, 6.07) is 8.12. The first-order chi connectivity index (χ1) is 8.22. The Kier molecular flexibility index (Phi) is 3.38. The van der Waals surface area contributed by atoms with Gasteiger partial charge in [-0.05, 0) is 18.9 Å². The Balaban J connectivity index is 2.46. The lowest BCUT2D eigenvalue weighted by atomic mass is 10.1. The fourth-order valence-electron chi connectivity index (χ4n) is 1.82. The van der Waals surface area contributed by atoms with Crippen LogP contribution in [-0.4, -0.2) is 9.97 Å². The lowest BCUT2D eigenvalue weighted by Gasteiger charge is -2.07. The van der Waals surface area contributed by atoms with Crippen LogP contribution in [0.4, 0.5) is 5.69 Å². The number of anilines is 1. The highest BCUT2D eigenvalue weighted by Gasteiger charge is 2.07. The van der Waals surface area contributed by atoms with Gasteiger partial charge < -0.3 is 5.73 Å². The van der Waals surface area contributed by atoms with Crippen molar-refractivity contribution in [1.82, 2.24) is 9.97 Å². The van der Waals surface area contributed by atoms with Gasteiger partial charge in [-0.25, -0.2) is 9.97 Å². The van der Waals surface area contributed by atoms with Gasteiger partial charge in [-0.2, -0.15) is 0 Å². The Morgan fingerprint density at radius 3 is 2.71 bits per heavy atom. The number of nitrogen functional groups attached to an aromatic ring is 1. The summed E-state index contributed by atoms with van der Waals surface area (Å²) in [4.78, 5) is 8.87. The third-order valence-electron chi connectivity index (χ3n) is 2.77. The molecule has 1 aromatic carbocycles. The number of hydrogen-bond donors (Lipinski definition) is 1. The van der Waals surface area contributed by atoms with Crippen molar-refractivity contribution in [3.63, 3.8) is 0 Å². The molecule has 1 heterocycles. The van der Waals surface area contributed by atoms with Gasteiger partial charge in [-0.15, -0.1) is 0 Å². The van der Waals surface area contributed by atoms with Crippen LogP contribution in [0.25, 0.3) is 11.4 Å². The maximum absolute atomic E-state index is 5.87. The summed E-state index contributed by atoms with van der Waals surface area (Å²) in [6.45, 7) is 4.18. The summed E-state index contributed by atoms with van der Waals surface area (Å²) in [5.41, 5.74) is 9.75. The monoisotopic (exact) mass is 227 g/mol. The van der Waals surface area contributed by atoms with Crippen LogP contribution in [0.3, 0.4) is 0 Å². The lowest BCUT2D eigenvalue weighted by molar-refractivity contribution is 0.879. The van der Waals surface area contributed by atoms with Crippen molar-refractivity contribution < 1.29 is 0 Å². The molecular formula is C14H17N3. The van der Waals surface area contributed by atoms with Crippen molar-refractivity contribution in [2.75, 3.05) is 5.73 Å². The number of hydrogen-bond acceptors (Lipinski definition) is 3. The van der Waals surface area contributed by atoms with Gasteiger partial charge in [-0.3, -0.25) is 0 Å². The first-order valence-electron chi connectivity index (χ1n) is 5.89. The summed E-state index contributed by atoms with van der Waals surface area (Å²) in [6.07, 6.45) is 3.64. The second-order valence-corrected chi connectivity index (χ2v) is 4.16. The van der Waals surface area contributed by atoms with E-state index in [1.807, 2.05) is 18.2 Å². The minimum Gasteiger partial charge on any atom is -0.396 e. The number of nitrogens with two attached hydrogens (primary N) is 1. The number of aromatic nitrogens is 2. The molecule has 2 rings (SSSR count). The van der Waals surface area contributed by atoms with Crippen molar-refractivity contribution in [3.05, 3.63) is 41.7 Å². The van der Waals surface area contributed by atoms with E-state index >= 15 is 0 Å². The Morgan fingerprint density at radius 2 is 2.00 bits per heavy atom. The normalized spacial score (nSPS) is 10.5. The molecule has 0 spiro atoms. The van der Waals surface area contributed by atoms with E-state index in [4.69, 9.17) is 5.73 Å². The van der Waals surface area contributed by atoms with E-state index in [2.05, 4.69) is 29.9 Å². The molecule has 0 unspecified atom stereocenters. The summed E-state index contributed by atoms with van der Waals surface area (Å²) in [5.74, 6) is 0.765. The zero-order valence-corrected chi connectivity index (χ0v) is 10.3. The predicted octanol–water partition coefficient (Wildman–Crippen LogP) is 2.99. The highest BCUT2D eigenvalue weighted by atomic mass is 14.9. The molecule has 1 aromatic heterocycles. The number of nitrogens with zero attached hydrogens (tertiary/aromatic N) is 2. The van der Waals surface area contributed by atoms with Crippen LogP contribution in [0, 0.1) is 6.92 Å². The molecule has 2 N–H and O–H groups in total. The Morgan fingerprint density at radius 1 is 1.24 bits per heavy atom. The number of aryl methyl sites for hydroxylation is 2. The topological polar surface area (TPSA) is 51.8 Å². The van der Waals surface area contributed by atoms with E-state index < -0.39 is 0 Å². The predicted molar refractivity (Wildman–Crippen MR) is 70.6 cm³/mol. The van der Waals surface area contributed by atoms with Crippen LogP contribution in [0.1, 0.15) is 24.6 Å². The molecule has 3 nitrogen and oxygen atoms in total. The van der Waals surface area contributed by atoms with Crippen LogP contribution >= 0.6 is 0 Å². The molecule has 0 bridgehead atoms. The molecule has 88 valence electrons. The van der Waals surface area contributed by atoms with Crippen LogP contribution in [-0.2, 0) is 6.42 Å². The van der Waals surface area contributed by atoms with Crippen molar-refractivity contribution >= 4 is 5.69 Å². The Bertz CT molecular complexity index is 521. The van der Waals surface area contributed by atoms with Gasteiger partial charge in [0.05, 0.1) is 17.6 Å². The van der Waals surface area contributed by atoms with Gasteiger partial charge >= 0.3 is 0 Å². The quantitative estimate of drug-likeness (QED) is 0.877. The molecule has 17 heavy (non-hydrogen) atoms. The molecule has 0 amide bonds. The van der Waals surface area contributed by atoms with E-state index in [0.717, 1.165) is 29.9 Å². The second-order valence-electron chi connectivity index (χ2n) is 4.16.